The van der Waals surface area contributed by atoms with Gasteiger partial charge < -0.3 is 9.84 Å². The number of rotatable bonds is 5. The summed E-state index contributed by atoms with van der Waals surface area (Å²) >= 11 is 6.15. The van der Waals surface area contributed by atoms with Crippen LogP contribution in [0, 0.1) is 19.8 Å². The second kappa shape index (κ2) is 8.98. The van der Waals surface area contributed by atoms with Gasteiger partial charge >= 0.3 is 0 Å². The third-order valence-corrected chi connectivity index (χ3v) is 5.94. The minimum atomic E-state index is -0.00728. The summed E-state index contributed by atoms with van der Waals surface area (Å²) in [6, 6.07) is 13.7. The van der Waals surface area contributed by atoms with Crippen LogP contribution in [0.2, 0.25) is 5.02 Å². The second-order valence-corrected chi connectivity index (χ2v) is 8.29. The zero-order valence-corrected chi connectivity index (χ0v) is 17.9. The summed E-state index contributed by atoms with van der Waals surface area (Å²) < 4.78 is 5.43. The predicted molar refractivity (Wildman–Crippen MR) is 117 cm³/mol. The molecule has 0 atom stereocenters. The van der Waals surface area contributed by atoms with Gasteiger partial charge in [-0.25, -0.2) is 0 Å². The van der Waals surface area contributed by atoms with Gasteiger partial charge in [0.05, 0.1) is 6.54 Å². The Kier molecular flexibility index (Phi) is 6.16. The molecule has 30 heavy (non-hydrogen) atoms. The van der Waals surface area contributed by atoms with E-state index in [1.807, 2.05) is 50.2 Å². The van der Waals surface area contributed by atoms with Crippen LogP contribution in [-0.4, -0.2) is 34.0 Å². The molecule has 0 bridgehead atoms. The number of amides is 1. The molecule has 0 spiro atoms. The number of aryl methyl sites for hydroxylation is 2. The fourth-order valence-electron chi connectivity index (χ4n) is 3.60. The van der Waals surface area contributed by atoms with Crippen LogP contribution in [0.1, 0.15) is 29.9 Å². The smallest absolute Gasteiger partial charge is 0.241 e. The summed E-state index contributed by atoms with van der Waals surface area (Å²) in [4.78, 5) is 19.4. The predicted octanol–water partition coefficient (Wildman–Crippen LogP) is 4.86. The third-order valence-electron chi connectivity index (χ3n) is 5.53. The molecule has 156 valence electrons. The van der Waals surface area contributed by atoms with Crippen molar-refractivity contribution >= 4 is 23.2 Å². The molecule has 2 aromatic carbocycles. The lowest BCUT2D eigenvalue weighted by atomic mass is 9.96. The molecule has 1 aliphatic rings. The molecule has 0 unspecified atom stereocenters. The van der Waals surface area contributed by atoms with E-state index in [4.69, 9.17) is 16.1 Å². The monoisotopic (exact) mass is 424 g/mol. The molecule has 1 N–H and O–H groups in total. The van der Waals surface area contributed by atoms with Crippen molar-refractivity contribution < 1.29 is 9.32 Å². The van der Waals surface area contributed by atoms with Gasteiger partial charge in [-0.15, -0.1) is 0 Å². The maximum atomic E-state index is 12.6. The van der Waals surface area contributed by atoms with Crippen molar-refractivity contribution in [2.24, 2.45) is 5.92 Å². The standard InChI is InChI=1S/C23H25ClN4O2/c1-15-3-6-17(7-4-15)22-26-21(30-27-22)14-28-11-9-18(10-12-28)23(29)25-19-8-5-16(2)20(24)13-19/h3-8,13,18H,9-12,14H2,1-2H3,(H,25,29). The summed E-state index contributed by atoms with van der Waals surface area (Å²) in [5, 5.41) is 7.74. The fourth-order valence-corrected chi connectivity index (χ4v) is 3.78. The number of carbonyl (C=O) groups excluding carboxylic acids is 1. The number of nitrogens with one attached hydrogen (secondary N) is 1. The van der Waals surface area contributed by atoms with E-state index >= 15 is 0 Å². The Morgan fingerprint density at radius 2 is 1.90 bits per heavy atom. The molecule has 1 aromatic heterocycles. The number of nitrogens with zero attached hydrogens (tertiary/aromatic N) is 3. The molecule has 1 amide bonds. The third kappa shape index (κ3) is 4.89. The van der Waals surface area contributed by atoms with E-state index in [-0.39, 0.29) is 11.8 Å². The van der Waals surface area contributed by atoms with Gasteiger partial charge in [0.1, 0.15) is 0 Å². The number of hydrogen-bond donors (Lipinski definition) is 1. The first kappa shape index (κ1) is 20.6. The normalized spacial score (nSPS) is 15.3. The summed E-state index contributed by atoms with van der Waals surface area (Å²) in [5.41, 5.74) is 3.88. The van der Waals surface area contributed by atoms with Gasteiger partial charge in [0.25, 0.3) is 0 Å². The zero-order chi connectivity index (χ0) is 21.1. The molecule has 7 heteroatoms. The highest BCUT2D eigenvalue weighted by Gasteiger charge is 2.26. The number of hydrogen-bond acceptors (Lipinski definition) is 5. The van der Waals surface area contributed by atoms with Crippen molar-refractivity contribution in [1.29, 1.82) is 0 Å². The van der Waals surface area contributed by atoms with Crippen LogP contribution in [0.4, 0.5) is 5.69 Å². The minimum Gasteiger partial charge on any atom is -0.338 e. The maximum Gasteiger partial charge on any atom is 0.241 e. The highest BCUT2D eigenvalue weighted by atomic mass is 35.5. The van der Waals surface area contributed by atoms with Gasteiger partial charge in [-0.05, 0) is 57.5 Å². The molecular formula is C23H25ClN4O2. The van der Waals surface area contributed by atoms with Crippen molar-refractivity contribution in [2.75, 3.05) is 18.4 Å². The number of aromatic nitrogens is 2. The first-order valence-corrected chi connectivity index (χ1v) is 10.5. The van der Waals surface area contributed by atoms with Gasteiger partial charge in [0.15, 0.2) is 0 Å². The van der Waals surface area contributed by atoms with Gasteiger partial charge in [0, 0.05) is 22.2 Å². The van der Waals surface area contributed by atoms with Crippen LogP contribution in [-0.2, 0) is 11.3 Å². The van der Waals surface area contributed by atoms with E-state index in [0.717, 1.165) is 42.7 Å². The van der Waals surface area contributed by atoms with E-state index in [1.165, 1.54) is 5.56 Å². The molecule has 0 aliphatic carbocycles. The first-order valence-electron chi connectivity index (χ1n) is 10.2. The average molecular weight is 425 g/mol. The molecule has 1 saturated heterocycles. The van der Waals surface area contributed by atoms with Crippen molar-refractivity contribution in [3.63, 3.8) is 0 Å². The molecule has 2 heterocycles. The van der Waals surface area contributed by atoms with E-state index < -0.39 is 0 Å². The molecule has 0 radical (unpaired) electrons. The van der Waals surface area contributed by atoms with Crippen LogP contribution in [0.3, 0.4) is 0 Å². The number of carbonyl (C=O) groups is 1. The number of halogens is 1. The van der Waals surface area contributed by atoms with Gasteiger partial charge in [-0.3, -0.25) is 9.69 Å². The van der Waals surface area contributed by atoms with E-state index in [1.54, 1.807) is 6.07 Å². The Labute approximate surface area is 181 Å². The van der Waals surface area contributed by atoms with Gasteiger partial charge in [-0.1, -0.05) is 52.7 Å². The first-order chi connectivity index (χ1) is 14.5. The summed E-state index contributed by atoms with van der Waals surface area (Å²) in [7, 11) is 0. The molecule has 1 aliphatic heterocycles. The Morgan fingerprint density at radius 1 is 1.17 bits per heavy atom. The number of anilines is 1. The maximum absolute atomic E-state index is 12.6. The van der Waals surface area contributed by atoms with Crippen LogP contribution in [0.25, 0.3) is 11.4 Å². The van der Waals surface area contributed by atoms with Crippen LogP contribution in [0.15, 0.2) is 47.0 Å². The highest BCUT2D eigenvalue weighted by Crippen LogP contribution is 2.24. The summed E-state index contributed by atoms with van der Waals surface area (Å²) in [5.74, 6) is 1.25. The molecule has 6 nitrogen and oxygen atoms in total. The Bertz CT molecular complexity index is 1020. The molecule has 0 saturated carbocycles. The van der Waals surface area contributed by atoms with E-state index in [0.29, 0.717) is 23.3 Å². The Hall–Kier alpha value is -2.70. The summed E-state index contributed by atoms with van der Waals surface area (Å²) in [6.45, 7) is 6.22. The van der Waals surface area contributed by atoms with Crippen LogP contribution < -0.4 is 5.32 Å². The van der Waals surface area contributed by atoms with Gasteiger partial charge in [0.2, 0.25) is 17.6 Å². The quantitative estimate of drug-likeness (QED) is 0.633. The van der Waals surface area contributed by atoms with Crippen LogP contribution >= 0.6 is 11.6 Å². The lowest BCUT2D eigenvalue weighted by molar-refractivity contribution is -0.121. The number of benzene rings is 2. The largest absolute Gasteiger partial charge is 0.338 e. The Balaban J connectivity index is 1.29. The molecule has 3 aromatic rings. The van der Waals surface area contributed by atoms with Crippen LogP contribution in [0.5, 0.6) is 0 Å². The molecular weight excluding hydrogens is 400 g/mol. The molecule has 4 rings (SSSR count). The fraction of sp³-hybridized carbons (Fsp3) is 0.348. The van der Waals surface area contributed by atoms with Crippen molar-refractivity contribution in [2.45, 2.75) is 33.2 Å². The number of piperidine rings is 1. The van der Waals surface area contributed by atoms with E-state index in [2.05, 4.69) is 20.4 Å². The van der Waals surface area contributed by atoms with Crippen molar-refractivity contribution in [3.05, 3.63) is 64.5 Å². The highest BCUT2D eigenvalue weighted by molar-refractivity contribution is 6.31. The number of likely N-dealkylation sites (tertiary alicyclic amines) is 1. The zero-order valence-electron chi connectivity index (χ0n) is 17.2. The topological polar surface area (TPSA) is 71.3 Å². The van der Waals surface area contributed by atoms with Gasteiger partial charge in [-0.2, -0.15) is 4.98 Å². The van der Waals surface area contributed by atoms with Crippen molar-refractivity contribution in [3.8, 4) is 11.4 Å². The molecule has 1 fully saturated rings. The minimum absolute atomic E-state index is 0.00728. The van der Waals surface area contributed by atoms with E-state index in [9.17, 15) is 4.79 Å². The summed E-state index contributed by atoms with van der Waals surface area (Å²) in [6.07, 6.45) is 1.59. The second-order valence-electron chi connectivity index (χ2n) is 7.88. The van der Waals surface area contributed by atoms with Crippen molar-refractivity contribution in [1.82, 2.24) is 15.0 Å². The lowest BCUT2D eigenvalue weighted by Gasteiger charge is -2.30. The lowest BCUT2D eigenvalue weighted by Crippen LogP contribution is -2.37. The SMILES string of the molecule is Cc1ccc(-c2noc(CN3CCC(C(=O)Nc4ccc(C)c(Cl)c4)CC3)n2)cc1. The average Bonchev–Trinajstić information content (AvgIpc) is 3.20. The Morgan fingerprint density at radius 3 is 2.60 bits per heavy atom.